The van der Waals surface area contributed by atoms with Crippen molar-refractivity contribution in [2.24, 2.45) is 0 Å². The lowest BCUT2D eigenvalue weighted by atomic mass is 9.90. The smallest absolute Gasteiger partial charge is 0.146 e. The van der Waals surface area contributed by atoms with Crippen LogP contribution in [0.2, 0.25) is 0 Å². The fourth-order valence-corrected chi connectivity index (χ4v) is 7.57. The van der Waals surface area contributed by atoms with Crippen LogP contribution in [0.4, 0.5) is 0 Å². The highest BCUT2D eigenvalue weighted by Crippen LogP contribution is 2.43. The van der Waals surface area contributed by atoms with Gasteiger partial charge in [0.2, 0.25) is 0 Å². The Morgan fingerprint density at radius 1 is 0.391 bits per heavy atom. The van der Waals surface area contributed by atoms with Crippen molar-refractivity contribution in [3.05, 3.63) is 132 Å². The van der Waals surface area contributed by atoms with Gasteiger partial charge in [-0.2, -0.15) is 0 Å². The molecular weight excluding hydrogens is 568 g/mol. The van der Waals surface area contributed by atoms with Crippen molar-refractivity contribution in [2.75, 3.05) is 0 Å². The van der Waals surface area contributed by atoms with Crippen LogP contribution in [-0.2, 0) is 6.42 Å². The number of hydrogen-bond acceptors (Lipinski definition) is 4. The van der Waals surface area contributed by atoms with Gasteiger partial charge in [-0.05, 0) is 83.3 Å². The summed E-state index contributed by atoms with van der Waals surface area (Å²) < 4.78 is 25.1. The maximum absolute atomic E-state index is 6.54. The highest BCUT2D eigenvalue weighted by molar-refractivity contribution is 6.19. The molecule has 0 amide bonds. The molecule has 4 nitrogen and oxygen atoms in total. The lowest BCUT2D eigenvalue weighted by Crippen LogP contribution is -1.96. The van der Waals surface area contributed by atoms with Crippen LogP contribution in [-0.4, -0.2) is 0 Å². The van der Waals surface area contributed by atoms with Gasteiger partial charge in [0, 0.05) is 50.4 Å². The molecule has 0 bridgehead atoms. The minimum absolute atomic E-state index is 0.837. The van der Waals surface area contributed by atoms with Crippen LogP contribution < -0.4 is 0 Å². The first kappa shape index (κ1) is 24.3. The summed E-state index contributed by atoms with van der Waals surface area (Å²) in [4.78, 5) is 0. The Kier molecular flexibility index (Phi) is 4.66. The summed E-state index contributed by atoms with van der Waals surface area (Å²) >= 11 is 0. The zero-order valence-corrected chi connectivity index (χ0v) is 24.6. The van der Waals surface area contributed by atoms with E-state index in [9.17, 15) is 0 Å². The summed E-state index contributed by atoms with van der Waals surface area (Å²) in [5.41, 5.74) is 12.2. The van der Waals surface area contributed by atoms with Gasteiger partial charge in [0.25, 0.3) is 0 Å². The van der Waals surface area contributed by atoms with Crippen LogP contribution in [0.1, 0.15) is 23.3 Å². The van der Waals surface area contributed by atoms with E-state index in [1.165, 1.54) is 22.3 Å². The quantitative estimate of drug-likeness (QED) is 0.200. The molecule has 6 aromatic carbocycles. The molecule has 4 heterocycles. The first-order chi connectivity index (χ1) is 22.7. The SMILES string of the molecule is C1=C(c2cccc(-c3ccc4oc5cc6oc7ccccc7c6cc5c4c3)c2)CCc2oc3c(ccc4oc5ccccc5c43)c21. The summed E-state index contributed by atoms with van der Waals surface area (Å²) in [5.74, 6) is 1.05. The van der Waals surface area contributed by atoms with Gasteiger partial charge in [0.1, 0.15) is 44.8 Å². The molecule has 4 heteroatoms. The van der Waals surface area contributed by atoms with Gasteiger partial charge in [-0.15, -0.1) is 0 Å². The van der Waals surface area contributed by atoms with Crippen LogP contribution in [0.25, 0.3) is 99.6 Å². The standard InChI is InChI=1S/C42H24O4/c1-3-10-34-27(8-1)32-21-33-31-20-26(12-15-36(31)45-40(33)22-39(32)44-34)24-7-5-6-23(18-24)25-13-16-37-30(19-25)28-14-17-38-41(42(28)46-37)29-9-2-4-11-35(29)43-38/h1-12,14-15,17-22H,13,16H2. The molecule has 0 atom stereocenters. The van der Waals surface area contributed by atoms with E-state index >= 15 is 0 Å². The second kappa shape index (κ2) is 8.80. The number of benzene rings is 6. The molecule has 0 fully saturated rings. The third-order valence-electron chi connectivity index (χ3n) is 9.79. The predicted molar refractivity (Wildman–Crippen MR) is 186 cm³/mol. The fourth-order valence-electron chi connectivity index (χ4n) is 7.57. The van der Waals surface area contributed by atoms with E-state index in [1.54, 1.807) is 0 Å². The Balaban J connectivity index is 1.02. The number of allylic oxidation sites excluding steroid dienone is 1. The van der Waals surface area contributed by atoms with E-state index in [2.05, 4.69) is 91.0 Å². The lowest BCUT2D eigenvalue weighted by Gasteiger charge is -2.14. The molecule has 0 spiro atoms. The zero-order valence-electron chi connectivity index (χ0n) is 24.6. The molecule has 0 radical (unpaired) electrons. The van der Waals surface area contributed by atoms with Crippen molar-refractivity contribution in [3.63, 3.8) is 0 Å². The largest absolute Gasteiger partial charge is 0.460 e. The van der Waals surface area contributed by atoms with Crippen LogP contribution in [0, 0.1) is 0 Å². The number of para-hydroxylation sites is 2. The first-order valence-electron chi connectivity index (χ1n) is 15.7. The van der Waals surface area contributed by atoms with Gasteiger partial charge in [-0.1, -0.05) is 60.7 Å². The number of rotatable bonds is 2. The molecule has 216 valence electrons. The Morgan fingerprint density at radius 2 is 1.07 bits per heavy atom. The van der Waals surface area contributed by atoms with Gasteiger partial charge in [0.05, 0.1) is 5.39 Å². The van der Waals surface area contributed by atoms with Crippen LogP contribution in [0.3, 0.4) is 0 Å². The van der Waals surface area contributed by atoms with Gasteiger partial charge in [0.15, 0.2) is 0 Å². The molecule has 10 aromatic rings. The van der Waals surface area contributed by atoms with Crippen LogP contribution in [0.5, 0.6) is 0 Å². The summed E-state index contributed by atoms with van der Waals surface area (Å²) in [5, 5.41) is 7.72. The number of hydrogen-bond donors (Lipinski definition) is 0. The van der Waals surface area contributed by atoms with Crippen molar-refractivity contribution >= 4 is 88.4 Å². The maximum Gasteiger partial charge on any atom is 0.146 e. The molecule has 1 aliphatic carbocycles. The fraction of sp³-hybridized carbons (Fsp3) is 0.0476. The molecule has 4 aromatic heterocycles. The van der Waals surface area contributed by atoms with E-state index in [0.717, 1.165) is 101 Å². The second-order valence-electron chi connectivity index (χ2n) is 12.4. The molecular formula is C42H24O4. The van der Waals surface area contributed by atoms with Gasteiger partial charge >= 0.3 is 0 Å². The van der Waals surface area contributed by atoms with Gasteiger partial charge in [-0.25, -0.2) is 0 Å². The number of fused-ring (bicyclic) bond motifs is 13. The normalized spacial score (nSPS) is 13.6. The Bertz CT molecular complexity index is 2920. The van der Waals surface area contributed by atoms with Crippen LogP contribution >= 0.6 is 0 Å². The average molecular weight is 593 g/mol. The Labute approximate surface area is 261 Å². The number of furan rings is 4. The molecule has 0 saturated carbocycles. The summed E-state index contributed by atoms with van der Waals surface area (Å²) in [6.45, 7) is 0. The highest BCUT2D eigenvalue weighted by Gasteiger charge is 2.22. The maximum atomic E-state index is 6.54. The van der Waals surface area contributed by atoms with E-state index in [1.807, 2.05) is 30.3 Å². The van der Waals surface area contributed by atoms with E-state index in [4.69, 9.17) is 17.7 Å². The molecule has 1 aliphatic rings. The van der Waals surface area contributed by atoms with Crippen molar-refractivity contribution < 1.29 is 17.7 Å². The Hall–Kier alpha value is -6.00. The van der Waals surface area contributed by atoms with Crippen molar-refractivity contribution in [1.29, 1.82) is 0 Å². The van der Waals surface area contributed by atoms with E-state index in [-0.39, 0.29) is 0 Å². The minimum Gasteiger partial charge on any atom is -0.460 e. The van der Waals surface area contributed by atoms with Gasteiger partial charge < -0.3 is 17.7 Å². The summed E-state index contributed by atoms with van der Waals surface area (Å²) in [6, 6.07) is 40.2. The predicted octanol–water partition coefficient (Wildman–Crippen LogP) is 12.3. The second-order valence-corrected chi connectivity index (χ2v) is 12.4. The topological polar surface area (TPSA) is 52.6 Å². The summed E-state index contributed by atoms with van der Waals surface area (Å²) in [7, 11) is 0. The Morgan fingerprint density at radius 3 is 1.96 bits per heavy atom. The van der Waals surface area contributed by atoms with Crippen molar-refractivity contribution in [3.8, 4) is 11.1 Å². The van der Waals surface area contributed by atoms with Crippen molar-refractivity contribution in [2.45, 2.75) is 12.8 Å². The average Bonchev–Trinajstić information content (AvgIpc) is 3.86. The van der Waals surface area contributed by atoms with E-state index < -0.39 is 0 Å². The lowest BCUT2D eigenvalue weighted by molar-refractivity contribution is 0.550. The summed E-state index contributed by atoms with van der Waals surface area (Å²) in [6.07, 6.45) is 4.11. The minimum atomic E-state index is 0.837. The van der Waals surface area contributed by atoms with Crippen LogP contribution in [0.15, 0.2) is 133 Å². The first-order valence-corrected chi connectivity index (χ1v) is 15.7. The molecule has 0 saturated heterocycles. The highest BCUT2D eigenvalue weighted by atomic mass is 16.4. The molecule has 0 unspecified atom stereocenters. The molecule has 11 rings (SSSR count). The van der Waals surface area contributed by atoms with E-state index in [0.29, 0.717) is 0 Å². The molecule has 0 N–H and O–H groups in total. The third-order valence-corrected chi connectivity index (χ3v) is 9.79. The van der Waals surface area contributed by atoms with Crippen molar-refractivity contribution in [1.82, 2.24) is 0 Å². The third kappa shape index (κ3) is 3.33. The zero-order chi connectivity index (χ0) is 29.9. The molecule has 46 heavy (non-hydrogen) atoms. The van der Waals surface area contributed by atoms with Gasteiger partial charge in [-0.3, -0.25) is 0 Å². The number of aryl methyl sites for hydroxylation is 1. The monoisotopic (exact) mass is 592 g/mol. The molecule has 0 aliphatic heterocycles.